The first-order valence-corrected chi connectivity index (χ1v) is 8.68. The minimum Gasteiger partial charge on any atom is -0.507 e. The number of phenols is 1. The van der Waals surface area contributed by atoms with Gasteiger partial charge < -0.3 is 9.84 Å². The number of rotatable bonds is 11. The zero-order chi connectivity index (χ0) is 16.2. The molecule has 0 radical (unpaired) electrons. The van der Waals surface area contributed by atoms with Crippen LogP contribution in [0.3, 0.4) is 0 Å². The van der Waals surface area contributed by atoms with Crippen LogP contribution < -0.4 is 0 Å². The highest BCUT2D eigenvalue weighted by molar-refractivity contribution is 5.92. The van der Waals surface area contributed by atoms with Gasteiger partial charge in [0.05, 0.1) is 0 Å². The molecule has 0 saturated carbocycles. The fourth-order valence-electron chi connectivity index (χ4n) is 2.54. The molecule has 0 aliphatic carbocycles. The van der Waals surface area contributed by atoms with E-state index in [-0.39, 0.29) is 17.4 Å². The quantitative estimate of drug-likeness (QED) is 0.435. The number of ether oxygens (including phenoxy) is 1. The molecule has 3 nitrogen and oxygen atoms in total. The van der Waals surface area contributed by atoms with Gasteiger partial charge in [0.1, 0.15) is 17.4 Å². The molecule has 22 heavy (non-hydrogen) atoms. The molecule has 0 aliphatic heterocycles. The number of phenolic OH excluding ortho intramolecular Hbond substituents is 1. The second-order valence-corrected chi connectivity index (χ2v) is 5.89. The van der Waals surface area contributed by atoms with Gasteiger partial charge in [0, 0.05) is 0 Å². The first kappa shape index (κ1) is 18.5. The summed E-state index contributed by atoms with van der Waals surface area (Å²) in [5, 5.41) is 9.75. The molecule has 1 aromatic rings. The normalized spacial score (nSPS) is 12.1. The highest BCUT2D eigenvalue weighted by Crippen LogP contribution is 2.21. The summed E-state index contributed by atoms with van der Waals surface area (Å²) in [7, 11) is 0. The summed E-state index contributed by atoms with van der Waals surface area (Å²) in [6.07, 6.45) is 9.94. The Labute approximate surface area is 134 Å². The van der Waals surface area contributed by atoms with Crippen molar-refractivity contribution in [1.29, 1.82) is 0 Å². The van der Waals surface area contributed by atoms with Crippen LogP contribution in [0.25, 0.3) is 0 Å². The van der Waals surface area contributed by atoms with E-state index < -0.39 is 5.97 Å². The lowest BCUT2D eigenvalue weighted by atomic mass is 10.0. The van der Waals surface area contributed by atoms with Gasteiger partial charge in [-0.15, -0.1) is 0 Å². The van der Waals surface area contributed by atoms with Crippen molar-refractivity contribution in [3.63, 3.8) is 0 Å². The fourth-order valence-corrected chi connectivity index (χ4v) is 2.54. The average Bonchev–Trinajstić information content (AvgIpc) is 2.51. The van der Waals surface area contributed by atoms with Crippen molar-refractivity contribution in [3.8, 4) is 5.75 Å². The van der Waals surface area contributed by atoms with Crippen molar-refractivity contribution in [2.45, 2.75) is 77.7 Å². The highest BCUT2D eigenvalue weighted by atomic mass is 16.5. The van der Waals surface area contributed by atoms with Gasteiger partial charge in [-0.1, -0.05) is 58.1 Å². The van der Waals surface area contributed by atoms with Crippen molar-refractivity contribution in [2.75, 3.05) is 0 Å². The molecular formula is C19H30O3. The van der Waals surface area contributed by atoms with Gasteiger partial charge in [-0.25, -0.2) is 4.79 Å². The van der Waals surface area contributed by atoms with E-state index in [1.54, 1.807) is 18.2 Å². The first-order chi connectivity index (χ1) is 10.7. The lowest BCUT2D eigenvalue weighted by Crippen LogP contribution is -2.18. The zero-order valence-electron chi connectivity index (χ0n) is 14.0. The maximum atomic E-state index is 12.2. The number of carbonyl (C=O) groups is 1. The molecule has 0 aromatic heterocycles. The summed E-state index contributed by atoms with van der Waals surface area (Å²) in [6.45, 7) is 4.36. The van der Waals surface area contributed by atoms with Gasteiger partial charge in [0.15, 0.2) is 0 Å². The molecular weight excluding hydrogens is 276 g/mol. The highest BCUT2D eigenvalue weighted by Gasteiger charge is 2.18. The Morgan fingerprint density at radius 3 is 2.23 bits per heavy atom. The van der Waals surface area contributed by atoms with E-state index in [4.69, 9.17) is 4.74 Å². The van der Waals surface area contributed by atoms with Crippen molar-refractivity contribution in [1.82, 2.24) is 0 Å². The summed E-state index contributed by atoms with van der Waals surface area (Å²) in [5.74, 6) is -0.416. The second-order valence-electron chi connectivity index (χ2n) is 5.89. The third-order valence-corrected chi connectivity index (χ3v) is 3.91. The minimum absolute atomic E-state index is 0.00853. The van der Waals surface area contributed by atoms with Crippen molar-refractivity contribution >= 4 is 5.97 Å². The number of unbranched alkanes of at least 4 members (excludes halogenated alkanes) is 5. The number of aromatic hydroxyl groups is 1. The van der Waals surface area contributed by atoms with E-state index in [0.717, 1.165) is 32.1 Å². The van der Waals surface area contributed by atoms with Gasteiger partial charge >= 0.3 is 5.97 Å². The summed E-state index contributed by atoms with van der Waals surface area (Å²) >= 11 is 0. The smallest absolute Gasteiger partial charge is 0.342 e. The predicted molar refractivity (Wildman–Crippen MR) is 90.2 cm³/mol. The number of hydrogen-bond acceptors (Lipinski definition) is 3. The molecule has 1 rings (SSSR count). The topological polar surface area (TPSA) is 46.5 Å². The molecule has 124 valence electrons. The minimum atomic E-state index is -0.407. The second kappa shape index (κ2) is 11.1. The van der Waals surface area contributed by atoms with Crippen LogP contribution in [0, 0.1) is 0 Å². The van der Waals surface area contributed by atoms with Crippen molar-refractivity contribution in [2.24, 2.45) is 0 Å². The first-order valence-electron chi connectivity index (χ1n) is 8.68. The number of carbonyl (C=O) groups excluding carboxylic acids is 1. The van der Waals surface area contributed by atoms with Gasteiger partial charge in [0.2, 0.25) is 0 Å². The average molecular weight is 306 g/mol. The van der Waals surface area contributed by atoms with E-state index in [9.17, 15) is 9.90 Å². The molecule has 1 N–H and O–H groups in total. The van der Waals surface area contributed by atoms with Crippen LogP contribution in [-0.4, -0.2) is 17.2 Å². The molecule has 0 aliphatic rings. The molecule has 0 spiro atoms. The van der Waals surface area contributed by atoms with Gasteiger partial charge in [-0.05, 0) is 37.8 Å². The van der Waals surface area contributed by atoms with Crippen molar-refractivity contribution < 1.29 is 14.6 Å². The third-order valence-electron chi connectivity index (χ3n) is 3.91. The summed E-state index contributed by atoms with van der Waals surface area (Å²) in [6, 6.07) is 6.57. The Hall–Kier alpha value is -1.51. The molecule has 0 heterocycles. The Morgan fingerprint density at radius 1 is 1.00 bits per heavy atom. The monoisotopic (exact) mass is 306 g/mol. The van der Waals surface area contributed by atoms with Crippen LogP contribution in [0.2, 0.25) is 0 Å². The lowest BCUT2D eigenvalue weighted by Gasteiger charge is -2.18. The van der Waals surface area contributed by atoms with E-state index in [0.29, 0.717) is 0 Å². The van der Waals surface area contributed by atoms with Gasteiger partial charge in [0.25, 0.3) is 0 Å². The zero-order valence-corrected chi connectivity index (χ0v) is 14.0. The maximum absolute atomic E-state index is 12.2. The third kappa shape index (κ3) is 6.97. The largest absolute Gasteiger partial charge is 0.507 e. The van der Waals surface area contributed by atoms with Crippen LogP contribution >= 0.6 is 0 Å². The molecule has 1 aromatic carbocycles. The summed E-state index contributed by atoms with van der Waals surface area (Å²) in [4.78, 5) is 12.2. The van der Waals surface area contributed by atoms with E-state index in [2.05, 4.69) is 13.8 Å². The standard InChI is InChI=1S/C19H30O3/c1-3-5-7-9-13-16(12-8-6-4-2)22-19(21)17-14-10-11-15-18(17)20/h10-11,14-16,20H,3-9,12-13H2,1-2H3. The molecule has 0 fully saturated rings. The Kier molecular flexibility index (Phi) is 9.36. The Morgan fingerprint density at radius 2 is 1.59 bits per heavy atom. The van der Waals surface area contributed by atoms with Crippen LogP contribution in [0.5, 0.6) is 5.75 Å². The lowest BCUT2D eigenvalue weighted by molar-refractivity contribution is 0.0246. The Balaban J connectivity index is 2.54. The SMILES string of the molecule is CCCCCCC(CCCCC)OC(=O)c1ccccc1O. The van der Waals surface area contributed by atoms with Crippen LogP contribution in [-0.2, 0) is 4.74 Å². The number of hydrogen-bond donors (Lipinski definition) is 1. The molecule has 0 saturated heterocycles. The predicted octanol–water partition coefficient (Wildman–Crippen LogP) is 5.47. The van der Waals surface area contributed by atoms with E-state index in [1.807, 2.05) is 0 Å². The van der Waals surface area contributed by atoms with Gasteiger partial charge in [-0.2, -0.15) is 0 Å². The fraction of sp³-hybridized carbons (Fsp3) is 0.632. The van der Waals surface area contributed by atoms with E-state index >= 15 is 0 Å². The molecule has 1 unspecified atom stereocenters. The number of benzene rings is 1. The molecule has 0 amide bonds. The van der Waals surface area contributed by atoms with E-state index in [1.165, 1.54) is 31.7 Å². The maximum Gasteiger partial charge on any atom is 0.342 e. The number of para-hydroxylation sites is 1. The van der Waals surface area contributed by atoms with Gasteiger partial charge in [-0.3, -0.25) is 0 Å². The summed E-state index contributed by atoms with van der Waals surface area (Å²) < 4.78 is 5.65. The molecule has 1 atom stereocenters. The number of esters is 1. The van der Waals surface area contributed by atoms with Crippen LogP contribution in [0.4, 0.5) is 0 Å². The van der Waals surface area contributed by atoms with Crippen molar-refractivity contribution in [3.05, 3.63) is 29.8 Å². The van der Waals surface area contributed by atoms with Crippen LogP contribution in [0.15, 0.2) is 24.3 Å². The molecule has 0 bridgehead atoms. The summed E-state index contributed by atoms with van der Waals surface area (Å²) in [5.41, 5.74) is 0.261. The molecule has 3 heteroatoms. The Bertz CT molecular complexity index is 428. The van der Waals surface area contributed by atoms with Crippen LogP contribution in [0.1, 0.15) is 82.0 Å².